The molecule has 0 unspecified atom stereocenters. The van der Waals surface area contributed by atoms with Crippen molar-refractivity contribution >= 4 is 16.9 Å². The van der Waals surface area contributed by atoms with E-state index in [1.165, 1.54) is 0 Å². The minimum atomic E-state index is -0.349. The third-order valence-corrected chi connectivity index (χ3v) is 4.11. The molecule has 2 heterocycles. The lowest BCUT2D eigenvalue weighted by Crippen LogP contribution is -2.31. The molecule has 2 aromatic rings. The van der Waals surface area contributed by atoms with E-state index in [1.54, 1.807) is 10.6 Å². The summed E-state index contributed by atoms with van der Waals surface area (Å²) in [6.45, 7) is 4.43. The fraction of sp³-hybridized carbons (Fsp3) is 0.500. The first-order chi connectivity index (χ1) is 10.2. The summed E-state index contributed by atoms with van der Waals surface area (Å²) in [5.74, 6) is -0.115. The lowest BCUT2D eigenvalue weighted by atomic mass is 9.89. The highest BCUT2D eigenvalue weighted by molar-refractivity contribution is 6.00. The van der Waals surface area contributed by atoms with Crippen molar-refractivity contribution in [3.8, 4) is 0 Å². The predicted molar refractivity (Wildman–Crippen MR) is 80.7 cm³/mol. The minimum Gasteiger partial charge on any atom is -0.408 e. The monoisotopic (exact) mass is 288 g/mol. The molecule has 0 spiro atoms. The number of aryl methyl sites for hydroxylation is 1. The Morgan fingerprint density at radius 3 is 2.86 bits per heavy atom. The predicted octanol–water partition coefficient (Wildman–Crippen LogP) is 2.19. The quantitative estimate of drug-likeness (QED) is 0.876. The minimum absolute atomic E-state index is 0.0770. The molecule has 1 fully saturated rings. The fourth-order valence-corrected chi connectivity index (χ4v) is 2.97. The van der Waals surface area contributed by atoms with E-state index in [0.29, 0.717) is 17.7 Å². The standard InChI is InChI=1S/C16H20N2O3/c1-2-9-18-13-4-3-12(10-14(13)21-16(18)20)15(19)11-5-7-17-8-6-11/h3-4,10-11,17H,2,5-9H2,1H3. The van der Waals surface area contributed by atoms with Crippen LogP contribution in [0.5, 0.6) is 0 Å². The maximum Gasteiger partial charge on any atom is 0.419 e. The number of hydrogen-bond donors (Lipinski definition) is 1. The molecule has 0 bridgehead atoms. The van der Waals surface area contributed by atoms with E-state index in [4.69, 9.17) is 4.42 Å². The molecule has 1 aliphatic heterocycles. The highest BCUT2D eigenvalue weighted by Gasteiger charge is 2.23. The summed E-state index contributed by atoms with van der Waals surface area (Å²) in [7, 11) is 0. The van der Waals surface area contributed by atoms with Gasteiger partial charge in [0.15, 0.2) is 11.4 Å². The Labute approximate surface area is 122 Å². The van der Waals surface area contributed by atoms with Crippen LogP contribution in [0.25, 0.3) is 11.1 Å². The lowest BCUT2D eigenvalue weighted by molar-refractivity contribution is 0.0895. The molecule has 5 nitrogen and oxygen atoms in total. The normalized spacial score (nSPS) is 16.4. The molecule has 1 N–H and O–H groups in total. The second kappa shape index (κ2) is 5.85. The van der Waals surface area contributed by atoms with E-state index in [2.05, 4.69) is 5.32 Å². The number of benzene rings is 1. The summed E-state index contributed by atoms with van der Waals surface area (Å²) in [6.07, 6.45) is 2.61. The van der Waals surface area contributed by atoms with Crippen molar-refractivity contribution in [3.63, 3.8) is 0 Å². The van der Waals surface area contributed by atoms with Gasteiger partial charge in [-0.25, -0.2) is 4.79 Å². The molecule has 0 radical (unpaired) electrons. The number of Topliss-reactive ketones (excluding diaryl/α,β-unsaturated/α-hetero) is 1. The summed E-state index contributed by atoms with van der Waals surface area (Å²) in [4.78, 5) is 24.3. The fourth-order valence-electron chi connectivity index (χ4n) is 2.97. The van der Waals surface area contributed by atoms with Gasteiger partial charge >= 0.3 is 5.76 Å². The number of piperidine rings is 1. The Balaban J connectivity index is 1.94. The van der Waals surface area contributed by atoms with Gasteiger partial charge in [0.2, 0.25) is 0 Å². The number of fused-ring (bicyclic) bond motifs is 1. The van der Waals surface area contributed by atoms with Crippen molar-refractivity contribution in [2.45, 2.75) is 32.7 Å². The number of carbonyl (C=O) groups is 1. The number of oxazole rings is 1. The molecule has 0 atom stereocenters. The highest BCUT2D eigenvalue weighted by Crippen LogP contribution is 2.21. The summed E-state index contributed by atoms with van der Waals surface area (Å²) in [5.41, 5.74) is 1.92. The number of nitrogens with one attached hydrogen (secondary N) is 1. The van der Waals surface area contributed by atoms with Gasteiger partial charge in [-0.2, -0.15) is 0 Å². The molecule has 0 aliphatic carbocycles. The average molecular weight is 288 g/mol. The van der Waals surface area contributed by atoms with E-state index in [-0.39, 0.29) is 17.5 Å². The van der Waals surface area contributed by atoms with Crippen LogP contribution in [0.4, 0.5) is 0 Å². The van der Waals surface area contributed by atoms with Crippen LogP contribution in [0.3, 0.4) is 0 Å². The van der Waals surface area contributed by atoms with Crippen molar-refractivity contribution in [3.05, 3.63) is 34.3 Å². The maximum absolute atomic E-state index is 12.5. The van der Waals surface area contributed by atoms with Crippen LogP contribution in [-0.4, -0.2) is 23.4 Å². The van der Waals surface area contributed by atoms with Gasteiger partial charge in [-0.3, -0.25) is 9.36 Å². The molecular weight excluding hydrogens is 268 g/mol. The summed E-state index contributed by atoms with van der Waals surface area (Å²) in [5, 5.41) is 3.26. The largest absolute Gasteiger partial charge is 0.419 e. The van der Waals surface area contributed by atoms with Crippen molar-refractivity contribution in [2.75, 3.05) is 13.1 Å². The second-order valence-electron chi connectivity index (χ2n) is 5.59. The van der Waals surface area contributed by atoms with Crippen LogP contribution in [0.1, 0.15) is 36.5 Å². The Bertz CT molecular complexity index is 708. The molecule has 1 aromatic carbocycles. The topological polar surface area (TPSA) is 64.2 Å². The average Bonchev–Trinajstić information content (AvgIpc) is 2.83. The van der Waals surface area contributed by atoms with Crippen LogP contribution in [-0.2, 0) is 6.54 Å². The van der Waals surface area contributed by atoms with Crippen LogP contribution in [0.15, 0.2) is 27.4 Å². The first kappa shape index (κ1) is 14.1. The number of carbonyl (C=O) groups excluding carboxylic acids is 1. The highest BCUT2D eigenvalue weighted by atomic mass is 16.4. The first-order valence-corrected chi connectivity index (χ1v) is 7.59. The molecule has 21 heavy (non-hydrogen) atoms. The van der Waals surface area contributed by atoms with E-state index in [9.17, 15) is 9.59 Å². The zero-order valence-electron chi connectivity index (χ0n) is 12.2. The Morgan fingerprint density at radius 1 is 1.38 bits per heavy atom. The Kier molecular flexibility index (Phi) is 3.92. The first-order valence-electron chi connectivity index (χ1n) is 7.59. The van der Waals surface area contributed by atoms with Gasteiger partial charge in [0.25, 0.3) is 0 Å². The number of aromatic nitrogens is 1. The van der Waals surface area contributed by atoms with E-state index in [0.717, 1.165) is 37.9 Å². The maximum atomic E-state index is 12.5. The van der Waals surface area contributed by atoms with Crippen LogP contribution < -0.4 is 11.1 Å². The third kappa shape index (κ3) is 2.65. The summed E-state index contributed by atoms with van der Waals surface area (Å²) >= 11 is 0. The van der Waals surface area contributed by atoms with Crippen molar-refractivity contribution in [1.29, 1.82) is 0 Å². The smallest absolute Gasteiger partial charge is 0.408 e. The van der Waals surface area contributed by atoms with Gasteiger partial charge in [-0.1, -0.05) is 6.92 Å². The molecule has 0 saturated carbocycles. The van der Waals surface area contributed by atoms with Crippen molar-refractivity contribution in [1.82, 2.24) is 9.88 Å². The third-order valence-electron chi connectivity index (χ3n) is 4.11. The van der Waals surface area contributed by atoms with Gasteiger partial charge in [0.05, 0.1) is 5.52 Å². The summed E-state index contributed by atoms with van der Waals surface area (Å²) in [6, 6.07) is 5.35. The lowest BCUT2D eigenvalue weighted by Gasteiger charge is -2.21. The van der Waals surface area contributed by atoms with Gasteiger partial charge in [-0.05, 0) is 50.6 Å². The molecule has 112 valence electrons. The summed E-state index contributed by atoms with van der Waals surface area (Å²) < 4.78 is 6.89. The number of nitrogens with zero attached hydrogens (tertiary/aromatic N) is 1. The van der Waals surface area contributed by atoms with Gasteiger partial charge in [-0.15, -0.1) is 0 Å². The van der Waals surface area contributed by atoms with Crippen LogP contribution in [0.2, 0.25) is 0 Å². The van der Waals surface area contributed by atoms with Crippen LogP contribution >= 0.6 is 0 Å². The van der Waals surface area contributed by atoms with E-state index in [1.807, 2.05) is 19.1 Å². The zero-order valence-corrected chi connectivity index (χ0v) is 12.2. The van der Waals surface area contributed by atoms with Crippen LogP contribution in [0, 0.1) is 5.92 Å². The van der Waals surface area contributed by atoms with Crippen molar-refractivity contribution in [2.24, 2.45) is 5.92 Å². The van der Waals surface area contributed by atoms with E-state index < -0.39 is 0 Å². The molecule has 3 rings (SSSR count). The van der Waals surface area contributed by atoms with Gasteiger partial charge in [0.1, 0.15) is 0 Å². The van der Waals surface area contributed by atoms with Gasteiger partial charge in [0, 0.05) is 18.0 Å². The SMILES string of the molecule is CCCn1c(=O)oc2cc(C(=O)C3CCNCC3)ccc21. The Hall–Kier alpha value is -1.88. The number of hydrogen-bond acceptors (Lipinski definition) is 4. The van der Waals surface area contributed by atoms with Gasteiger partial charge < -0.3 is 9.73 Å². The second-order valence-corrected chi connectivity index (χ2v) is 5.59. The number of rotatable bonds is 4. The molecule has 1 aromatic heterocycles. The molecule has 1 saturated heterocycles. The number of ketones is 1. The van der Waals surface area contributed by atoms with Crippen molar-refractivity contribution < 1.29 is 9.21 Å². The van der Waals surface area contributed by atoms with E-state index >= 15 is 0 Å². The molecule has 0 amide bonds. The molecule has 1 aliphatic rings. The molecular formula is C16H20N2O3. The zero-order chi connectivity index (χ0) is 14.8. The Morgan fingerprint density at radius 2 is 2.14 bits per heavy atom. The molecule has 5 heteroatoms.